The maximum atomic E-state index is 12.5. The van der Waals surface area contributed by atoms with Crippen LogP contribution in [-0.4, -0.2) is 110 Å². The molecular weight excluding hydrogens is 618 g/mol. The number of nitrogens with one attached hydrogen (secondary N) is 2. The monoisotopic (exact) mass is 679 g/mol. The fraction of sp³-hybridized carbons (Fsp3) is 0.824. The van der Waals surface area contributed by atoms with Crippen LogP contribution in [0.5, 0.6) is 0 Å². The second-order valence-corrected chi connectivity index (χ2v) is 13.3. The van der Waals surface area contributed by atoms with Crippen LogP contribution in [0.1, 0.15) is 116 Å². The molecule has 0 saturated carbocycles. The van der Waals surface area contributed by atoms with E-state index in [0.29, 0.717) is 6.42 Å². The molecule has 2 unspecified atom stereocenters. The topological polar surface area (TPSA) is 192 Å². The van der Waals surface area contributed by atoms with Crippen LogP contribution in [0.3, 0.4) is 0 Å². The lowest BCUT2D eigenvalue weighted by Crippen LogP contribution is -2.35. The summed E-state index contributed by atoms with van der Waals surface area (Å²) in [6.07, 6.45) is 12.2. The first-order chi connectivity index (χ1) is 23.2. The first-order valence-electron chi connectivity index (χ1n) is 18.2. The van der Waals surface area contributed by atoms with Crippen molar-refractivity contribution in [1.82, 2.24) is 29.3 Å². The molecule has 1 fully saturated rings. The van der Waals surface area contributed by atoms with Gasteiger partial charge in [0.25, 0.3) is 5.56 Å². The molecule has 0 radical (unpaired) electrons. The second-order valence-electron chi connectivity index (χ2n) is 13.3. The third kappa shape index (κ3) is 12.6. The number of esters is 1. The third-order valence-corrected chi connectivity index (χ3v) is 9.31. The molecule has 274 valence electrons. The molecule has 2 aromatic heterocycles. The quantitative estimate of drug-likeness (QED) is 0.0764. The zero-order chi connectivity index (χ0) is 34.9. The van der Waals surface area contributed by atoms with Crippen molar-refractivity contribution in [2.45, 2.75) is 135 Å². The number of nitrogens with zero attached hydrogens (tertiary/aromatic N) is 4. The van der Waals surface area contributed by atoms with Gasteiger partial charge in [0, 0.05) is 6.42 Å². The molecule has 0 spiro atoms. The molecule has 3 heterocycles. The van der Waals surface area contributed by atoms with Crippen molar-refractivity contribution in [2.75, 3.05) is 52.1 Å². The number of unbranched alkanes of at least 4 members (excludes halogenated alkanes) is 11. The fourth-order valence-corrected chi connectivity index (χ4v) is 6.35. The Bertz CT molecular complexity index is 1330. The first-order valence-corrected chi connectivity index (χ1v) is 18.2. The number of carbonyl (C=O) groups excluding carboxylic acids is 1. The van der Waals surface area contributed by atoms with E-state index in [9.17, 15) is 24.6 Å². The summed E-state index contributed by atoms with van der Waals surface area (Å²) >= 11 is 0. The van der Waals surface area contributed by atoms with E-state index in [1.54, 1.807) is 0 Å². The molecule has 2 aromatic rings. The number of nitrogen functional groups attached to an aromatic ring is 1. The molecule has 48 heavy (non-hydrogen) atoms. The van der Waals surface area contributed by atoms with Crippen molar-refractivity contribution in [3.05, 3.63) is 20.8 Å². The number of hydrogen-bond acceptors (Lipinski definition) is 11. The third-order valence-electron chi connectivity index (χ3n) is 9.31. The number of hydrogen-bond donors (Lipinski definition) is 5. The van der Waals surface area contributed by atoms with Gasteiger partial charge in [-0.15, -0.1) is 0 Å². The lowest BCUT2D eigenvalue weighted by Gasteiger charge is -2.22. The van der Waals surface area contributed by atoms with Crippen molar-refractivity contribution in [2.24, 2.45) is 0 Å². The summed E-state index contributed by atoms with van der Waals surface area (Å²) in [6, 6.07) is 0. The van der Waals surface area contributed by atoms with Crippen LogP contribution in [0.15, 0.2) is 9.59 Å². The van der Waals surface area contributed by atoms with E-state index in [-0.39, 0.29) is 30.1 Å². The molecule has 14 nitrogen and oxygen atoms in total. The van der Waals surface area contributed by atoms with Crippen molar-refractivity contribution in [1.29, 1.82) is 0 Å². The van der Waals surface area contributed by atoms with Gasteiger partial charge in [0.05, 0.1) is 0 Å². The first kappa shape index (κ1) is 39.7. The Hall–Kier alpha value is -2.78. The van der Waals surface area contributed by atoms with Gasteiger partial charge in [-0.05, 0) is 65.5 Å². The number of fused-ring (bicyclic) bond motifs is 1. The molecule has 1 aliphatic heterocycles. The highest BCUT2D eigenvalue weighted by atomic mass is 16.6. The van der Waals surface area contributed by atoms with Gasteiger partial charge in [-0.1, -0.05) is 78.1 Å². The SMILES string of the molecule is CCCCCCCCCCCCN(CC)CCCN(C)CCCCCC(=O)OC[C@@H]1O[C@H](n2c(=O)[nH]c3c(=O)[nH]c(N)nc32)C(O)C1O. The van der Waals surface area contributed by atoms with Crippen LogP contribution in [-0.2, 0) is 14.3 Å². The maximum Gasteiger partial charge on any atom is 0.330 e. The summed E-state index contributed by atoms with van der Waals surface area (Å²) in [6.45, 7) is 9.68. The Morgan fingerprint density at radius 1 is 0.875 bits per heavy atom. The minimum atomic E-state index is -1.53. The molecule has 0 amide bonds. The second kappa shape index (κ2) is 21.3. The lowest BCUT2D eigenvalue weighted by atomic mass is 10.1. The fourth-order valence-electron chi connectivity index (χ4n) is 6.35. The van der Waals surface area contributed by atoms with Gasteiger partial charge in [-0.2, -0.15) is 4.98 Å². The Labute approximate surface area is 284 Å². The highest BCUT2D eigenvalue weighted by molar-refractivity contribution is 5.70. The molecule has 1 aliphatic rings. The average molecular weight is 680 g/mol. The smallest absolute Gasteiger partial charge is 0.330 e. The summed E-state index contributed by atoms with van der Waals surface area (Å²) in [5.41, 5.74) is 3.92. The summed E-state index contributed by atoms with van der Waals surface area (Å²) in [5, 5.41) is 21.1. The molecule has 14 heteroatoms. The Morgan fingerprint density at radius 3 is 2.17 bits per heavy atom. The van der Waals surface area contributed by atoms with Gasteiger partial charge >= 0.3 is 11.7 Å². The Balaban J connectivity index is 1.23. The number of anilines is 1. The standard InChI is InChI=1S/C34H61N7O7/c1-4-6-7-8-9-10-11-12-13-17-22-40(5-2)23-18-21-39(3)20-16-14-15-19-26(42)47-24-25-28(43)29(44)32(48-25)41-30-27(36-34(41)46)31(45)38-33(35)37-30/h25,28-29,32,43-44H,4-24H2,1-3H3,(H,36,46)(H3,35,37,38,45)/t25-,28?,29?,32-/m0/s1. The average Bonchev–Trinajstić information content (AvgIpc) is 3.53. The van der Waals surface area contributed by atoms with Gasteiger partial charge in [0.15, 0.2) is 17.4 Å². The van der Waals surface area contributed by atoms with Crippen LogP contribution in [0.25, 0.3) is 11.2 Å². The van der Waals surface area contributed by atoms with Crippen LogP contribution < -0.4 is 17.0 Å². The molecule has 0 aromatic carbocycles. The Morgan fingerprint density at radius 2 is 1.48 bits per heavy atom. The number of aliphatic hydroxyl groups excluding tert-OH is 2. The number of aromatic amines is 2. The molecule has 0 bridgehead atoms. The number of aliphatic hydroxyl groups is 2. The highest BCUT2D eigenvalue weighted by Crippen LogP contribution is 2.30. The highest BCUT2D eigenvalue weighted by Gasteiger charge is 2.45. The predicted octanol–water partition coefficient (Wildman–Crippen LogP) is 3.28. The minimum absolute atomic E-state index is 0.122. The summed E-state index contributed by atoms with van der Waals surface area (Å²) in [4.78, 5) is 50.5. The number of ether oxygens (including phenoxy) is 2. The number of imidazole rings is 1. The number of H-pyrrole nitrogens is 2. The van der Waals surface area contributed by atoms with Crippen molar-refractivity contribution >= 4 is 23.1 Å². The Kier molecular flexibility index (Phi) is 17.6. The van der Waals surface area contributed by atoms with E-state index in [4.69, 9.17) is 15.2 Å². The van der Waals surface area contributed by atoms with E-state index >= 15 is 0 Å². The number of carbonyl (C=O) groups is 1. The zero-order valence-electron chi connectivity index (χ0n) is 29.5. The van der Waals surface area contributed by atoms with Gasteiger partial charge in [0.2, 0.25) is 5.95 Å². The molecule has 6 N–H and O–H groups in total. The maximum absolute atomic E-state index is 12.5. The summed E-state index contributed by atoms with van der Waals surface area (Å²) in [7, 11) is 2.15. The van der Waals surface area contributed by atoms with Crippen LogP contribution in [0, 0.1) is 0 Å². The van der Waals surface area contributed by atoms with E-state index in [1.807, 2.05) is 0 Å². The van der Waals surface area contributed by atoms with E-state index in [2.05, 4.69) is 45.6 Å². The van der Waals surface area contributed by atoms with Gasteiger partial charge in [-0.25, -0.2) is 9.36 Å². The number of aromatic nitrogens is 4. The van der Waals surface area contributed by atoms with Gasteiger partial charge < -0.3 is 35.2 Å². The zero-order valence-corrected chi connectivity index (χ0v) is 29.5. The van der Waals surface area contributed by atoms with Crippen LogP contribution in [0.2, 0.25) is 0 Å². The molecule has 0 aliphatic carbocycles. The van der Waals surface area contributed by atoms with E-state index in [0.717, 1.165) is 50.0 Å². The van der Waals surface area contributed by atoms with E-state index < -0.39 is 41.8 Å². The van der Waals surface area contributed by atoms with Gasteiger partial charge in [0.1, 0.15) is 24.9 Å². The van der Waals surface area contributed by atoms with Crippen LogP contribution >= 0.6 is 0 Å². The van der Waals surface area contributed by atoms with Gasteiger partial charge in [-0.3, -0.25) is 19.6 Å². The predicted molar refractivity (Wildman–Crippen MR) is 187 cm³/mol. The van der Waals surface area contributed by atoms with Crippen molar-refractivity contribution in [3.63, 3.8) is 0 Å². The molecule has 3 rings (SSSR count). The lowest BCUT2D eigenvalue weighted by molar-refractivity contribution is -0.150. The largest absolute Gasteiger partial charge is 0.463 e. The van der Waals surface area contributed by atoms with Crippen molar-refractivity contribution in [3.8, 4) is 0 Å². The molecule has 1 saturated heterocycles. The van der Waals surface area contributed by atoms with Crippen molar-refractivity contribution < 1.29 is 24.5 Å². The van der Waals surface area contributed by atoms with Crippen LogP contribution in [0.4, 0.5) is 5.95 Å². The molecular formula is C34H61N7O7. The normalized spacial score (nSPS) is 19.6. The summed E-state index contributed by atoms with van der Waals surface area (Å²) < 4.78 is 11.9. The number of nitrogens with two attached hydrogens (primary N) is 1. The molecule has 4 atom stereocenters. The summed E-state index contributed by atoms with van der Waals surface area (Å²) in [5.74, 6) is -0.650. The minimum Gasteiger partial charge on any atom is -0.463 e. The van der Waals surface area contributed by atoms with E-state index in [1.165, 1.54) is 70.8 Å². The number of rotatable bonds is 25.